The largest absolute Gasteiger partial charge is 0.394 e. The van der Waals surface area contributed by atoms with E-state index in [0.717, 1.165) is 0 Å². The summed E-state index contributed by atoms with van der Waals surface area (Å²) in [6.45, 7) is -2.30. The van der Waals surface area contributed by atoms with Crippen LogP contribution in [0.3, 0.4) is 0 Å². The smallest absolute Gasteiger partial charge is 0.187 e. The van der Waals surface area contributed by atoms with Crippen LogP contribution >= 0.6 is 0 Å². The first-order valence-electron chi connectivity index (χ1n) is 10.6. The number of hydrogen-bond donors (Lipinski definition) is 11. The summed E-state index contributed by atoms with van der Waals surface area (Å²) < 4.78 is 26.2. The van der Waals surface area contributed by atoms with Gasteiger partial charge in [-0.3, -0.25) is 0 Å². The minimum Gasteiger partial charge on any atom is -0.394 e. The molecule has 0 aromatic carbocycles. The fourth-order valence-corrected chi connectivity index (χ4v) is 4.03. The first-order valence-corrected chi connectivity index (χ1v) is 10.6. The number of aliphatic hydroxyl groups is 11. The Hall–Kier alpha value is -0.640. The third-order valence-electron chi connectivity index (χ3n) is 6.10. The number of hydrogen-bond acceptors (Lipinski definition) is 16. The van der Waals surface area contributed by atoms with Gasteiger partial charge >= 0.3 is 0 Å². The van der Waals surface area contributed by atoms with Crippen molar-refractivity contribution in [1.29, 1.82) is 0 Å². The molecule has 1 unspecified atom stereocenters. The lowest BCUT2D eigenvalue weighted by atomic mass is 9.96. The average Bonchev–Trinajstić information content (AvgIpc) is 2.82. The van der Waals surface area contributed by atoms with Gasteiger partial charge in [0.15, 0.2) is 18.9 Å². The highest BCUT2D eigenvalue weighted by Crippen LogP contribution is 2.32. The molecule has 0 saturated carbocycles. The lowest BCUT2D eigenvalue weighted by Crippen LogP contribution is -2.66. The van der Waals surface area contributed by atoms with E-state index in [4.69, 9.17) is 28.8 Å². The monoisotopic (exact) mass is 504 g/mol. The Balaban J connectivity index is 1.76. The summed E-state index contributed by atoms with van der Waals surface area (Å²) >= 11 is 0. The van der Waals surface area contributed by atoms with E-state index >= 15 is 0 Å². The van der Waals surface area contributed by atoms with Crippen LogP contribution in [0.1, 0.15) is 0 Å². The molecule has 0 radical (unpaired) electrons. The third-order valence-corrected chi connectivity index (χ3v) is 6.10. The molecule has 15 atom stereocenters. The molecule has 11 N–H and O–H groups in total. The molecule has 0 bridgehead atoms. The van der Waals surface area contributed by atoms with Gasteiger partial charge in [-0.05, 0) is 0 Å². The zero-order valence-corrected chi connectivity index (χ0v) is 17.7. The van der Waals surface area contributed by atoms with Crippen LogP contribution in [0.15, 0.2) is 0 Å². The molecule has 0 aromatic rings. The zero-order valence-electron chi connectivity index (χ0n) is 17.7. The van der Waals surface area contributed by atoms with Gasteiger partial charge in [0.05, 0.1) is 19.8 Å². The summed E-state index contributed by atoms with van der Waals surface area (Å²) in [5.41, 5.74) is 0. The predicted molar refractivity (Wildman–Crippen MR) is 101 cm³/mol. The van der Waals surface area contributed by atoms with Crippen LogP contribution in [0.5, 0.6) is 0 Å². The molecule has 3 saturated heterocycles. The van der Waals surface area contributed by atoms with Gasteiger partial charge in [-0.25, -0.2) is 0 Å². The zero-order chi connectivity index (χ0) is 25.3. The number of aliphatic hydroxyl groups excluding tert-OH is 11. The van der Waals surface area contributed by atoms with Crippen LogP contribution in [0.4, 0.5) is 0 Å². The first kappa shape index (κ1) is 27.9. The molecule has 3 aliphatic heterocycles. The van der Waals surface area contributed by atoms with Gasteiger partial charge in [-0.1, -0.05) is 0 Å². The third kappa shape index (κ3) is 5.37. The second-order valence-electron chi connectivity index (χ2n) is 8.33. The van der Waals surface area contributed by atoms with Gasteiger partial charge in [0.1, 0.15) is 73.2 Å². The van der Waals surface area contributed by atoms with Crippen molar-refractivity contribution >= 4 is 0 Å². The van der Waals surface area contributed by atoms with E-state index in [1.54, 1.807) is 0 Å². The lowest BCUT2D eigenvalue weighted by Gasteiger charge is -2.47. The molecule has 0 aliphatic carbocycles. The van der Waals surface area contributed by atoms with E-state index in [9.17, 15) is 51.1 Å². The lowest BCUT2D eigenvalue weighted by molar-refractivity contribution is -0.382. The topological polar surface area (TPSA) is 269 Å². The fraction of sp³-hybridized carbons (Fsp3) is 1.00. The van der Waals surface area contributed by atoms with Crippen molar-refractivity contribution in [2.75, 3.05) is 19.8 Å². The first-order chi connectivity index (χ1) is 16.0. The molecule has 0 spiro atoms. The molecule has 3 rings (SSSR count). The van der Waals surface area contributed by atoms with Gasteiger partial charge in [0.25, 0.3) is 0 Å². The van der Waals surface area contributed by atoms with Gasteiger partial charge < -0.3 is 79.9 Å². The molecule has 200 valence electrons. The standard InChI is InChI=1S/C18H32O16/c19-1-4-8(23)11(26)15(16(29)30-4)34-18-13(28)14(9(24)6(3-21)32-18)33-17-12(27)10(25)7(22)5(2-20)31-17/h4-29H,1-3H2/t4-,5-,6-,7-,8-,9-,10+,11+,12-,13-,14+,15-,16?,17-,18-/m1/s1. The Morgan fingerprint density at radius 1 is 0.441 bits per heavy atom. The van der Waals surface area contributed by atoms with Crippen LogP contribution in [-0.2, 0) is 23.7 Å². The quantitative estimate of drug-likeness (QED) is 0.154. The van der Waals surface area contributed by atoms with Crippen molar-refractivity contribution in [3.05, 3.63) is 0 Å². The SMILES string of the molecule is OC[C@H]1O[C@H](O[C@@H]2[C@@H](O)[C@@H](O[C@H]3C(O)O[C@H](CO)[C@@H](O)[C@@H]3O)O[C@H](CO)[C@H]2O)[C@H](O)[C@@H](O)[C@@H]1O. The van der Waals surface area contributed by atoms with Crippen LogP contribution in [0, 0.1) is 0 Å². The summed E-state index contributed by atoms with van der Waals surface area (Å²) in [7, 11) is 0. The van der Waals surface area contributed by atoms with E-state index in [1.807, 2.05) is 0 Å². The van der Waals surface area contributed by atoms with Crippen molar-refractivity contribution in [2.24, 2.45) is 0 Å². The van der Waals surface area contributed by atoms with E-state index in [1.165, 1.54) is 0 Å². The van der Waals surface area contributed by atoms with Crippen molar-refractivity contribution in [3.63, 3.8) is 0 Å². The van der Waals surface area contributed by atoms with Gasteiger partial charge in [-0.2, -0.15) is 0 Å². The summed E-state index contributed by atoms with van der Waals surface area (Å²) in [5.74, 6) is 0. The average molecular weight is 504 g/mol. The second kappa shape index (κ2) is 11.6. The summed E-state index contributed by atoms with van der Waals surface area (Å²) in [4.78, 5) is 0. The maximum atomic E-state index is 10.7. The van der Waals surface area contributed by atoms with Crippen molar-refractivity contribution in [1.82, 2.24) is 0 Å². The molecule has 0 aromatic heterocycles. The van der Waals surface area contributed by atoms with Crippen molar-refractivity contribution in [2.45, 2.75) is 92.1 Å². The Morgan fingerprint density at radius 3 is 1.44 bits per heavy atom. The van der Waals surface area contributed by atoms with Crippen LogP contribution < -0.4 is 0 Å². The minimum absolute atomic E-state index is 0.724. The predicted octanol–water partition coefficient (Wildman–Crippen LogP) is -7.57. The van der Waals surface area contributed by atoms with E-state index in [2.05, 4.69) is 0 Å². The summed E-state index contributed by atoms with van der Waals surface area (Å²) in [5, 5.41) is 110. The van der Waals surface area contributed by atoms with Crippen LogP contribution in [-0.4, -0.2) is 168 Å². The van der Waals surface area contributed by atoms with Crippen molar-refractivity contribution in [3.8, 4) is 0 Å². The van der Waals surface area contributed by atoms with Crippen molar-refractivity contribution < 1.29 is 79.9 Å². The molecular weight excluding hydrogens is 472 g/mol. The van der Waals surface area contributed by atoms with Crippen LogP contribution in [0.2, 0.25) is 0 Å². The normalized spacial score (nSPS) is 52.5. The highest BCUT2D eigenvalue weighted by Gasteiger charge is 2.53. The summed E-state index contributed by atoms with van der Waals surface area (Å²) in [6, 6.07) is 0. The maximum absolute atomic E-state index is 10.7. The van der Waals surface area contributed by atoms with E-state index in [-0.39, 0.29) is 0 Å². The van der Waals surface area contributed by atoms with Crippen LogP contribution in [0.25, 0.3) is 0 Å². The number of rotatable bonds is 7. The van der Waals surface area contributed by atoms with E-state index in [0.29, 0.717) is 0 Å². The Kier molecular flexibility index (Phi) is 9.54. The highest BCUT2D eigenvalue weighted by atomic mass is 16.8. The van der Waals surface area contributed by atoms with E-state index < -0.39 is 112 Å². The molecular formula is C18H32O16. The van der Waals surface area contributed by atoms with Gasteiger partial charge in [0.2, 0.25) is 0 Å². The molecule has 3 aliphatic rings. The molecule has 0 amide bonds. The Labute approximate surface area is 192 Å². The molecule has 3 fully saturated rings. The molecule has 16 nitrogen and oxygen atoms in total. The molecule has 16 heteroatoms. The molecule has 34 heavy (non-hydrogen) atoms. The maximum Gasteiger partial charge on any atom is 0.187 e. The highest BCUT2D eigenvalue weighted by molar-refractivity contribution is 4.96. The minimum atomic E-state index is -1.92. The fourth-order valence-electron chi connectivity index (χ4n) is 4.03. The second-order valence-corrected chi connectivity index (χ2v) is 8.33. The summed E-state index contributed by atoms with van der Waals surface area (Å²) in [6.07, 6.45) is -25.5. The number of ether oxygens (including phenoxy) is 5. The Morgan fingerprint density at radius 2 is 0.882 bits per heavy atom. The van der Waals surface area contributed by atoms with Gasteiger partial charge in [-0.15, -0.1) is 0 Å². The molecule has 3 heterocycles. The Bertz CT molecular complexity index is 639. The van der Waals surface area contributed by atoms with Gasteiger partial charge in [0, 0.05) is 0 Å².